The fourth-order valence-corrected chi connectivity index (χ4v) is 2.50. The fraction of sp³-hybridized carbons (Fsp3) is 0.400. The highest BCUT2D eigenvalue weighted by Crippen LogP contribution is 2.40. The normalized spacial score (nSPS) is 22.1. The summed E-state index contributed by atoms with van der Waals surface area (Å²) in [5.74, 6) is 1.81. The van der Waals surface area contributed by atoms with Crippen molar-refractivity contribution in [3.8, 4) is 0 Å². The van der Waals surface area contributed by atoms with Crippen LogP contribution in [0.25, 0.3) is 0 Å². The summed E-state index contributed by atoms with van der Waals surface area (Å²) in [7, 11) is 0. The molecule has 3 rings (SSSR count). The first-order valence-corrected chi connectivity index (χ1v) is 6.60. The molecule has 0 bridgehead atoms. The van der Waals surface area contributed by atoms with Crippen LogP contribution < -0.4 is 5.32 Å². The summed E-state index contributed by atoms with van der Waals surface area (Å²) in [4.78, 5) is 4.23. The van der Waals surface area contributed by atoms with Crippen LogP contribution in [0.3, 0.4) is 0 Å². The van der Waals surface area contributed by atoms with E-state index in [0.29, 0.717) is 6.04 Å². The third kappa shape index (κ3) is 2.46. The molecule has 1 N–H and O–H groups in total. The summed E-state index contributed by atoms with van der Waals surface area (Å²) < 4.78 is 2.19. The minimum atomic E-state index is 0.663. The summed E-state index contributed by atoms with van der Waals surface area (Å²) in [6.45, 7) is 4.07. The van der Waals surface area contributed by atoms with Crippen molar-refractivity contribution in [3.05, 3.63) is 54.1 Å². The van der Waals surface area contributed by atoms with Gasteiger partial charge in [-0.15, -0.1) is 0 Å². The van der Waals surface area contributed by atoms with E-state index in [4.69, 9.17) is 0 Å². The number of aryl methyl sites for hydroxylation is 1. The number of hydrogen-bond acceptors (Lipinski definition) is 2. The molecule has 1 aliphatic rings. The standard InChI is InChI=1S/C15H19N3/c1-12-16-7-9-18(12)10-8-17-15-11-14(15)13-5-3-2-4-6-13/h2-7,9,14-15,17H,8,10-11H2,1H3. The van der Waals surface area contributed by atoms with Crippen molar-refractivity contribution in [2.24, 2.45) is 0 Å². The molecule has 2 unspecified atom stereocenters. The predicted molar refractivity (Wildman–Crippen MR) is 72.6 cm³/mol. The number of aromatic nitrogens is 2. The van der Waals surface area contributed by atoms with Gasteiger partial charge in [0.2, 0.25) is 0 Å². The van der Waals surface area contributed by atoms with E-state index in [1.807, 2.05) is 19.3 Å². The summed E-state index contributed by atoms with van der Waals surface area (Å²) in [5, 5.41) is 3.62. The fourth-order valence-electron chi connectivity index (χ4n) is 2.50. The van der Waals surface area contributed by atoms with E-state index in [0.717, 1.165) is 24.8 Å². The number of rotatable bonds is 5. The molecule has 1 fully saturated rings. The third-order valence-electron chi connectivity index (χ3n) is 3.70. The van der Waals surface area contributed by atoms with Gasteiger partial charge in [-0.05, 0) is 18.9 Å². The largest absolute Gasteiger partial charge is 0.334 e. The number of nitrogens with one attached hydrogen (secondary N) is 1. The van der Waals surface area contributed by atoms with Crippen molar-refractivity contribution >= 4 is 0 Å². The Morgan fingerprint density at radius 3 is 2.89 bits per heavy atom. The highest BCUT2D eigenvalue weighted by atomic mass is 15.1. The van der Waals surface area contributed by atoms with Crippen LogP contribution in [0.5, 0.6) is 0 Å². The number of benzene rings is 1. The van der Waals surface area contributed by atoms with Gasteiger partial charge in [-0.1, -0.05) is 30.3 Å². The summed E-state index contributed by atoms with van der Waals surface area (Å²) in [6, 6.07) is 11.4. The Kier molecular flexibility index (Phi) is 3.15. The molecule has 1 aromatic carbocycles. The van der Waals surface area contributed by atoms with Crippen molar-refractivity contribution in [2.75, 3.05) is 6.54 Å². The summed E-state index contributed by atoms with van der Waals surface area (Å²) in [6.07, 6.45) is 5.17. The first-order valence-electron chi connectivity index (χ1n) is 6.60. The van der Waals surface area contributed by atoms with Gasteiger partial charge in [0.05, 0.1) is 0 Å². The molecule has 2 atom stereocenters. The average Bonchev–Trinajstić information content (AvgIpc) is 3.07. The van der Waals surface area contributed by atoms with Gasteiger partial charge in [0.1, 0.15) is 5.82 Å². The monoisotopic (exact) mass is 241 g/mol. The molecule has 1 heterocycles. The molecule has 2 aromatic rings. The summed E-state index contributed by atoms with van der Waals surface area (Å²) >= 11 is 0. The van der Waals surface area contributed by atoms with Gasteiger partial charge in [-0.3, -0.25) is 0 Å². The van der Waals surface area contributed by atoms with Gasteiger partial charge in [0, 0.05) is 37.4 Å². The predicted octanol–water partition coefficient (Wildman–Crippen LogP) is 2.34. The van der Waals surface area contributed by atoms with Gasteiger partial charge in [-0.2, -0.15) is 0 Å². The lowest BCUT2D eigenvalue weighted by atomic mass is 10.1. The van der Waals surface area contributed by atoms with Crippen molar-refractivity contribution in [1.29, 1.82) is 0 Å². The molecule has 1 aromatic heterocycles. The molecule has 0 saturated heterocycles. The molecule has 3 heteroatoms. The van der Waals surface area contributed by atoms with E-state index in [-0.39, 0.29) is 0 Å². The highest BCUT2D eigenvalue weighted by molar-refractivity contribution is 5.27. The van der Waals surface area contributed by atoms with Crippen LogP contribution in [-0.2, 0) is 6.54 Å². The van der Waals surface area contributed by atoms with E-state index < -0.39 is 0 Å². The minimum Gasteiger partial charge on any atom is -0.334 e. The van der Waals surface area contributed by atoms with Crippen LogP contribution in [0.15, 0.2) is 42.7 Å². The lowest BCUT2D eigenvalue weighted by Crippen LogP contribution is -2.23. The molecule has 0 spiro atoms. The SMILES string of the molecule is Cc1nccn1CCNC1CC1c1ccccc1. The zero-order chi connectivity index (χ0) is 12.4. The first kappa shape index (κ1) is 11.5. The van der Waals surface area contributed by atoms with Crippen molar-refractivity contribution in [2.45, 2.75) is 31.8 Å². The maximum Gasteiger partial charge on any atom is 0.105 e. The lowest BCUT2D eigenvalue weighted by molar-refractivity contribution is 0.579. The smallest absolute Gasteiger partial charge is 0.105 e. The molecule has 1 aliphatic carbocycles. The second-order valence-electron chi connectivity index (χ2n) is 4.98. The van der Waals surface area contributed by atoms with Gasteiger partial charge >= 0.3 is 0 Å². The number of hydrogen-bond donors (Lipinski definition) is 1. The average molecular weight is 241 g/mol. The number of nitrogens with zero attached hydrogens (tertiary/aromatic N) is 2. The zero-order valence-corrected chi connectivity index (χ0v) is 10.7. The van der Waals surface area contributed by atoms with Crippen LogP contribution in [0, 0.1) is 6.92 Å². The van der Waals surface area contributed by atoms with E-state index >= 15 is 0 Å². The quantitative estimate of drug-likeness (QED) is 0.870. The Balaban J connectivity index is 1.45. The lowest BCUT2D eigenvalue weighted by Gasteiger charge is -2.06. The van der Waals surface area contributed by atoms with Crippen molar-refractivity contribution < 1.29 is 0 Å². The van der Waals surface area contributed by atoms with Crippen LogP contribution >= 0.6 is 0 Å². The molecule has 0 aliphatic heterocycles. The molecule has 3 nitrogen and oxygen atoms in total. The van der Waals surface area contributed by atoms with Gasteiger partial charge in [0.25, 0.3) is 0 Å². The molecule has 0 radical (unpaired) electrons. The molecule has 1 saturated carbocycles. The maximum absolute atomic E-state index is 4.23. The van der Waals surface area contributed by atoms with Gasteiger partial charge in [0.15, 0.2) is 0 Å². The second-order valence-corrected chi connectivity index (χ2v) is 4.98. The van der Waals surface area contributed by atoms with Gasteiger partial charge in [-0.25, -0.2) is 4.98 Å². The topological polar surface area (TPSA) is 29.9 Å². The van der Waals surface area contributed by atoms with E-state index in [1.54, 1.807) is 0 Å². The Labute approximate surface area is 108 Å². The van der Waals surface area contributed by atoms with Gasteiger partial charge < -0.3 is 9.88 Å². The zero-order valence-electron chi connectivity index (χ0n) is 10.7. The molecule has 94 valence electrons. The van der Waals surface area contributed by atoms with Crippen molar-refractivity contribution in [1.82, 2.24) is 14.9 Å². The van der Waals surface area contributed by atoms with Crippen LogP contribution in [0.4, 0.5) is 0 Å². The van der Waals surface area contributed by atoms with E-state index in [1.165, 1.54) is 12.0 Å². The first-order chi connectivity index (χ1) is 8.84. The number of imidazole rings is 1. The summed E-state index contributed by atoms with van der Waals surface area (Å²) in [5.41, 5.74) is 1.47. The molecular weight excluding hydrogens is 222 g/mol. The van der Waals surface area contributed by atoms with Crippen LogP contribution in [-0.4, -0.2) is 22.1 Å². The van der Waals surface area contributed by atoms with Crippen molar-refractivity contribution in [3.63, 3.8) is 0 Å². The third-order valence-corrected chi connectivity index (χ3v) is 3.70. The van der Waals surface area contributed by atoms with E-state index in [2.05, 4.69) is 45.2 Å². The molecular formula is C15H19N3. The van der Waals surface area contributed by atoms with Crippen LogP contribution in [0.1, 0.15) is 23.7 Å². The molecule has 18 heavy (non-hydrogen) atoms. The molecule has 0 amide bonds. The van der Waals surface area contributed by atoms with Crippen LogP contribution in [0.2, 0.25) is 0 Å². The Hall–Kier alpha value is -1.61. The minimum absolute atomic E-state index is 0.663. The van der Waals surface area contributed by atoms with E-state index in [9.17, 15) is 0 Å². The highest BCUT2D eigenvalue weighted by Gasteiger charge is 2.37. The Morgan fingerprint density at radius 2 is 2.17 bits per heavy atom. The maximum atomic E-state index is 4.23. The second kappa shape index (κ2) is 4.94. The Morgan fingerprint density at radius 1 is 1.33 bits per heavy atom. The Bertz CT molecular complexity index is 503.